The molecule has 0 spiro atoms. The van der Waals surface area contributed by atoms with Gasteiger partial charge in [0.2, 0.25) is 0 Å². The number of esters is 1. The maximum atomic E-state index is 13.5. The van der Waals surface area contributed by atoms with Crippen molar-refractivity contribution < 1.29 is 19.1 Å². The van der Waals surface area contributed by atoms with Gasteiger partial charge in [-0.05, 0) is 49.4 Å². The summed E-state index contributed by atoms with van der Waals surface area (Å²) in [6.07, 6.45) is -0.0615. The molecule has 8 nitrogen and oxygen atoms in total. The van der Waals surface area contributed by atoms with Crippen LogP contribution in [0.1, 0.15) is 43.9 Å². The summed E-state index contributed by atoms with van der Waals surface area (Å²) in [7, 11) is 1.27. The number of imide groups is 1. The van der Waals surface area contributed by atoms with Crippen molar-refractivity contribution in [3.8, 4) is 0 Å². The lowest BCUT2D eigenvalue weighted by atomic mass is 10.0. The minimum absolute atomic E-state index is 0.0982. The van der Waals surface area contributed by atoms with Crippen molar-refractivity contribution in [3.63, 3.8) is 0 Å². The van der Waals surface area contributed by atoms with Crippen molar-refractivity contribution >= 4 is 35.3 Å². The summed E-state index contributed by atoms with van der Waals surface area (Å²) in [5.74, 6) is -0.0379. The van der Waals surface area contributed by atoms with Gasteiger partial charge in [-0.25, -0.2) is 14.5 Å². The highest BCUT2D eigenvalue weighted by Gasteiger charge is 2.41. The summed E-state index contributed by atoms with van der Waals surface area (Å²) in [5, 5.41) is 6.70. The normalized spacial score (nSPS) is 16.8. The first kappa shape index (κ1) is 26.3. The monoisotopic (exact) mass is 500 g/mol. The van der Waals surface area contributed by atoms with Crippen LogP contribution in [0, 0.1) is 12.8 Å². The van der Waals surface area contributed by atoms with Crippen LogP contribution in [0.5, 0.6) is 0 Å². The summed E-state index contributed by atoms with van der Waals surface area (Å²) in [4.78, 5) is 40.9. The van der Waals surface area contributed by atoms with Crippen LogP contribution in [0.3, 0.4) is 0 Å². The van der Waals surface area contributed by atoms with Gasteiger partial charge in [0.1, 0.15) is 0 Å². The number of methoxy groups -OCH3 is 1. The number of aryl methyl sites for hydroxylation is 1. The Morgan fingerprint density at radius 2 is 1.83 bits per heavy atom. The zero-order valence-corrected chi connectivity index (χ0v) is 21.6. The second kappa shape index (κ2) is 11.4. The standard InChI is InChI=1S/C26H33ClN4O4/c1-16(2)12-20-10-11-21(14-22(20)27)28-24-29-25(33)31(18(4)13-23(32)35-5)26(34)30(24)15-19-8-6-17(3)7-9-19/h6-11,14,16,18,24,28H,12-13,15H2,1-5H3,(H,29,33)/t18-,24?/m0/s1. The fraction of sp³-hybridized carbons (Fsp3) is 0.423. The average molecular weight is 501 g/mol. The molecule has 2 aromatic carbocycles. The SMILES string of the molecule is COC(=O)C[C@H](C)N1C(=O)NC(Nc2ccc(CC(C)C)c(Cl)c2)N(Cc2ccc(C)cc2)C1=O. The molecule has 0 bridgehead atoms. The van der Waals surface area contributed by atoms with Crippen LogP contribution in [0.4, 0.5) is 15.3 Å². The summed E-state index contributed by atoms with van der Waals surface area (Å²) >= 11 is 6.50. The fourth-order valence-electron chi connectivity index (χ4n) is 3.97. The Hall–Kier alpha value is -3.26. The van der Waals surface area contributed by atoms with E-state index in [2.05, 4.69) is 24.5 Å². The topological polar surface area (TPSA) is 91.0 Å². The van der Waals surface area contributed by atoms with E-state index in [4.69, 9.17) is 16.3 Å². The molecule has 0 saturated carbocycles. The zero-order valence-electron chi connectivity index (χ0n) is 20.8. The van der Waals surface area contributed by atoms with E-state index in [-0.39, 0.29) is 13.0 Å². The highest BCUT2D eigenvalue weighted by Crippen LogP contribution is 2.26. The molecule has 2 atom stereocenters. The number of carbonyl (C=O) groups excluding carboxylic acids is 3. The minimum Gasteiger partial charge on any atom is -0.469 e. The van der Waals surface area contributed by atoms with Crippen LogP contribution in [-0.2, 0) is 22.5 Å². The Morgan fingerprint density at radius 1 is 1.14 bits per heavy atom. The van der Waals surface area contributed by atoms with Crippen LogP contribution >= 0.6 is 11.6 Å². The van der Waals surface area contributed by atoms with Crippen LogP contribution in [-0.4, -0.2) is 47.3 Å². The highest BCUT2D eigenvalue weighted by atomic mass is 35.5. The molecule has 1 aliphatic heterocycles. The number of ether oxygens (including phenoxy) is 1. The predicted octanol–water partition coefficient (Wildman–Crippen LogP) is 5.14. The number of carbonyl (C=O) groups is 3. The van der Waals surface area contributed by atoms with Crippen LogP contribution in [0.25, 0.3) is 0 Å². The molecule has 1 aliphatic rings. The Bertz CT molecular complexity index is 1070. The Balaban J connectivity index is 1.87. The van der Waals surface area contributed by atoms with Crippen LogP contribution in [0.2, 0.25) is 5.02 Å². The molecule has 2 N–H and O–H groups in total. The van der Waals surface area contributed by atoms with Gasteiger partial charge in [-0.2, -0.15) is 0 Å². The third-order valence-electron chi connectivity index (χ3n) is 5.83. The van der Waals surface area contributed by atoms with Gasteiger partial charge in [-0.1, -0.05) is 61.3 Å². The average Bonchev–Trinajstić information content (AvgIpc) is 2.79. The van der Waals surface area contributed by atoms with Gasteiger partial charge >= 0.3 is 18.0 Å². The number of amides is 4. The van der Waals surface area contributed by atoms with E-state index < -0.39 is 30.4 Å². The van der Waals surface area contributed by atoms with Gasteiger partial charge < -0.3 is 10.1 Å². The molecular formula is C26H33ClN4O4. The summed E-state index contributed by atoms with van der Waals surface area (Å²) in [6, 6.07) is 11.7. The molecule has 4 amide bonds. The van der Waals surface area contributed by atoms with Crippen molar-refractivity contribution in [2.24, 2.45) is 5.92 Å². The first-order valence-electron chi connectivity index (χ1n) is 11.7. The lowest BCUT2D eigenvalue weighted by Gasteiger charge is -2.43. The maximum absolute atomic E-state index is 13.5. The number of nitrogens with one attached hydrogen (secondary N) is 2. The number of anilines is 1. The molecular weight excluding hydrogens is 468 g/mol. The quantitative estimate of drug-likeness (QED) is 0.465. The number of halogens is 1. The van der Waals surface area contributed by atoms with E-state index >= 15 is 0 Å². The molecule has 2 aromatic rings. The molecule has 3 rings (SSSR count). The lowest BCUT2D eigenvalue weighted by Crippen LogP contribution is -2.68. The van der Waals surface area contributed by atoms with E-state index in [1.807, 2.05) is 43.3 Å². The maximum Gasteiger partial charge on any atom is 0.331 e. The molecule has 1 fully saturated rings. The third kappa shape index (κ3) is 6.66. The van der Waals surface area contributed by atoms with Crippen molar-refractivity contribution in [1.82, 2.24) is 15.1 Å². The van der Waals surface area contributed by atoms with Crippen LogP contribution < -0.4 is 10.6 Å². The minimum atomic E-state index is -0.815. The van der Waals surface area contributed by atoms with E-state index in [0.717, 1.165) is 28.0 Å². The molecule has 188 valence electrons. The zero-order chi connectivity index (χ0) is 25.7. The summed E-state index contributed by atoms with van der Waals surface area (Å²) in [6.45, 7) is 8.13. The van der Waals surface area contributed by atoms with E-state index in [0.29, 0.717) is 16.6 Å². The fourth-order valence-corrected chi connectivity index (χ4v) is 4.23. The van der Waals surface area contributed by atoms with E-state index in [1.54, 1.807) is 13.0 Å². The van der Waals surface area contributed by atoms with Crippen molar-refractivity contribution in [2.45, 2.75) is 59.4 Å². The predicted molar refractivity (Wildman–Crippen MR) is 136 cm³/mol. The number of nitrogens with zero attached hydrogens (tertiary/aromatic N) is 2. The second-order valence-corrected chi connectivity index (χ2v) is 9.70. The first-order valence-corrected chi connectivity index (χ1v) is 12.0. The molecule has 1 saturated heterocycles. The van der Waals surface area contributed by atoms with E-state index in [9.17, 15) is 14.4 Å². The van der Waals surface area contributed by atoms with Crippen molar-refractivity contribution in [1.29, 1.82) is 0 Å². The Morgan fingerprint density at radius 3 is 2.43 bits per heavy atom. The number of rotatable bonds is 9. The molecule has 0 radical (unpaired) electrons. The molecule has 0 aliphatic carbocycles. The largest absolute Gasteiger partial charge is 0.469 e. The van der Waals surface area contributed by atoms with Crippen LogP contribution in [0.15, 0.2) is 42.5 Å². The van der Waals surface area contributed by atoms with Gasteiger partial charge in [-0.15, -0.1) is 0 Å². The first-order chi connectivity index (χ1) is 16.6. The number of benzene rings is 2. The highest BCUT2D eigenvalue weighted by molar-refractivity contribution is 6.31. The number of urea groups is 2. The molecule has 0 aromatic heterocycles. The summed E-state index contributed by atoms with van der Waals surface area (Å²) in [5.41, 5.74) is 3.71. The van der Waals surface area contributed by atoms with Gasteiger partial charge in [0.15, 0.2) is 6.29 Å². The van der Waals surface area contributed by atoms with Gasteiger partial charge in [0.05, 0.1) is 26.1 Å². The summed E-state index contributed by atoms with van der Waals surface area (Å²) < 4.78 is 4.71. The van der Waals surface area contributed by atoms with Gasteiger partial charge in [-0.3, -0.25) is 15.0 Å². The number of hydrogen-bond acceptors (Lipinski definition) is 5. The molecule has 9 heteroatoms. The molecule has 35 heavy (non-hydrogen) atoms. The lowest BCUT2D eigenvalue weighted by molar-refractivity contribution is -0.141. The van der Waals surface area contributed by atoms with Crippen molar-refractivity contribution in [3.05, 3.63) is 64.2 Å². The third-order valence-corrected chi connectivity index (χ3v) is 6.18. The second-order valence-electron chi connectivity index (χ2n) is 9.30. The smallest absolute Gasteiger partial charge is 0.331 e. The van der Waals surface area contributed by atoms with Gasteiger partial charge in [0.25, 0.3) is 0 Å². The Labute approximate surface area is 211 Å². The Kier molecular flexibility index (Phi) is 8.62. The van der Waals surface area contributed by atoms with Gasteiger partial charge in [0, 0.05) is 10.7 Å². The molecule has 1 unspecified atom stereocenters. The number of hydrogen-bond donors (Lipinski definition) is 2. The van der Waals surface area contributed by atoms with Crippen molar-refractivity contribution in [2.75, 3.05) is 12.4 Å². The van der Waals surface area contributed by atoms with E-state index in [1.165, 1.54) is 12.0 Å². The molecule has 1 heterocycles.